The minimum atomic E-state index is -0.860. The molecule has 3 aromatic carbocycles. The fourth-order valence-electron chi connectivity index (χ4n) is 2.72. The number of hydrogen-bond acceptors (Lipinski definition) is 6. The molecule has 0 aliphatic heterocycles. The average molecular weight is 499 g/mol. The molecule has 0 saturated carbocycles. The highest BCUT2D eigenvalue weighted by atomic mass is 16.4. The summed E-state index contributed by atoms with van der Waals surface area (Å²) in [4.78, 5) is 31.6. The van der Waals surface area contributed by atoms with Crippen LogP contribution < -0.4 is 0 Å². The zero-order chi connectivity index (χ0) is 27.4. The standard InChI is InChI=1S/3C9H10O3/c3*1-6(9(11)12)7-2-4-8(10)5-3-7/h3*2-6,10H,1H3,(H,11,12). The van der Waals surface area contributed by atoms with E-state index in [1.165, 1.54) is 36.4 Å². The lowest BCUT2D eigenvalue weighted by atomic mass is 10.0. The number of aromatic hydroxyl groups is 3. The van der Waals surface area contributed by atoms with Gasteiger partial charge in [0.25, 0.3) is 0 Å². The fraction of sp³-hybridized carbons (Fsp3) is 0.222. The predicted molar refractivity (Wildman–Crippen MR) is 132 cm³/mol. The van der Waals surface area contributed by atoms with Crippen LogP contribution in [0.2, 0.25) is 0 Å². The van der Waals surface area contributed by atoms with E-state index in [0.29, 0.717) is 16.7 Å². The molecule has 0 aliphatic rings. The van der Waals surface area contributed by atoms with Crippen molar-refractivity contribution in [2.75, 3.05) is 0 Å². The van der Waals surface area contributed by atoms with Gasteiger partial charge in [0.15, 0.2) is 0 Å². The van der Waals surface area contributed by atoms with E-state index in [2.05, 4.69) is 0 Å². The maximum Gasteiger partial charge on any atom is 0.310 e. The maximum absolute atomic E-state index is 10.5. The van der Waals surface area contributed by atoms with Crippen LogP contribution in [0.3, 0.4) is 0 Å². The van der Waals surface area contributed by atoms with E-state index in [1.54, 1.807) is 57.2 Å². The first-order chi connectivity index (χ1) is 16.8. The Morgan fingerprint density at radius 3 is 0.750 bits per heavy atom. The topological polar surface area (TPSA) is 173 Å². The summed E-state index contributed by atoms with van der Waals surface area (Å²) in [6, 6.07) is 18.5. The fourth-order valence-corrected chi connectivity index (χ4v) is 2.72. The molecule has 0 radical (unpaired) electrons. The third kappa shape index (κ3) is 9.76. The molecule has 0 spiro atoms. The second kappa shape index (κ2) is 14.0. The molecular weight excluding hydrogens is 468 g/mol. The summed E-state index contributed by atoms with van der Waals surface area (Å²) < 4.78 is 0. The van der Waals surface area contributed by atoms with Gasteiger partial charge in [0.1, 0.15) is 17.2 Å². The van der Waals surface area contributed by atoms with Crippen LogP contribution in [0, 0.1) is 0 Å². The van der Waals surface area contributed by atoms with Crippen LogP contribution in [0.25, 0.3) is 0 Å². The molecule has 3 rings (SSSR count). The van der Waals surface area contributed by atoms with Gasteiger partial charge in [-0.2, -0.15) is 0 Å². The monoisotopic (exact) mass is 498 g/mol. The van der Waals surface area contributed by atoms with Crippen LogP contribution in [-0.4, -0.2) is 48.5 Å². The number of rotatable bonds is 6. The Hall–Kier alpha value is -4.53. The second-order valence-corrected chi connectivity index (χ2v) is 7.95. The minimum absolute atomic E-state index is 0.149. The summed E-state index contributed by atoms with van der Waals surface area (Å²) in [7, 11) is 0. The summed E-state index contributed by atoms with van der Waals surface area (Å²) in [5, 5.41) is 52.7. The van der Waals surface area contributed by atoms with E-state index in [1.807, 2.05) is 0 Å². The zero-order valence-electron chi connectivity index (χ0n) is 20.1. The molecule has 0 aliphatic carbocycles. The van der Waals surface area contributed by atoms with Crippen molar-refractivity contribution in [2.24, 2.45) is 0 Å². The van der Waals surface area contributed by atoms with Crippen molar-refractivity contribution in [3.8, 4) is 17.2 Å². The van der Waals surface area contributed by atoms with Gasteiger partial charge in [-0.3, -0.25) is 14.4 Å². The third-order valence-electron chi connectivity index (χ3n) is 5.29. The summed E-state index contributed by atoms with van der Waals surface area (Å²) in [5.74, 6) is -3.70. The molecular formula is C27H30O9. The Kier molecular flexibility index (Phi) is 11.5. The van der Waals surface area contributed by atoms with Gasteiger partial charge in [-0.15, -0.1) is 0 Å². The highest BCUT2D eigenvalue weighted by molar-refractivity contribution is 5.76. The number of carboxylic acids is 3. The molecule has 192 valence electrons. The number of carboxylic acid groups (broad SMARTS) is 3. The first-order valence-electron chi connectivity index (χ1n) is 10.9. The van der Waals surface area contributed by atoms with Gasteiger partial charge >= 0.3 is 17.9 Å². The molecule has 0 aromatic heterocycles. The smallest absolute Gasteiger partial charge is 0.310 e. The first kappa shape index (κ1) is 29.5. The lowest BCUT2D eigenvalue weighted by Gasteiger charge is -2.05. The highest BCUT2D eigenvalue weighted by Gasteiger charge is 2.14. The van der Waals surface area contributed by atoms with Gasteiger partial charge in [0, 0.05) is 0 Å². The SMILES string of the molecule is CC(C(=O)O)c1ccc(O)cc1.CC(C(=O)O)c1ccc(O)cc1.CC(C(=O)O)c1ccc(O)cc1. The Bertz CT molecular complexity index is 975. The summed E-state index contributed by atoms with van der Waals surface area (Å²) in [6.07, 6.45) is 0. The van der Waals surface area contributed by atoms with Crippen molar-refractivity contribution < 1.29 is 45.0 Å². The van der Waals surface area contributed by atoms with Crippen LogP contribution >= 0.6 is 0 Å². The van der Waals surface area contributed by atoms with Gasteiger partial charge in [-0.1, -0.05) is 36.4 Å². The van der Waals surface area contributed by atoms with Crippen molar-refractivity contribution in [3.63, 3.8) is 0 Å². The number of phenols is 3. The number of phenolic OH excluding ortho intramolecular Hbond substituents is 3. The molecule has 3 aromatic rings. The third-order valence-corrected chi connectivity index (χ3v) is 5.29. The molecule has 0 saturated heterocycles. The van der Waals surface area contributed by atoms with E-state index in [-0.39, 0.29) is 17.2 Å². The Morgan fingerprint density at radius 2 is 0.611 bits per heavy atom. The molecule has 9 nitrogen and oxygen atoms in total. The highest BCUT2D eigenvalue weighted by Crippen LogP contribution is 2.20. The normalized spacial score (nSPS) is 12.4. The molecule has 6 N–H and O–H groups in total. The first-order valence-corrected chi connectivity index (χ1v) is 10.9. The molecule has 3 atom stereocenters. The van der Waals surface area contributed by atoms with Crippen molar-refractivity contribution >= 4 is 17.9 Å². The van der Waals surface area contributed by atoms with Crippen molar-refractivity contribution in [1.82, 2.24) is 0 Å². The van der Waals surface area contributed by atoms with Crippen molar-refractivity contribution in [3.05, 3.63) is 89.5 Å². The Balaban J connectivity index is 0.000000270. The number of carbonyl (C=O) groups is 3. The largest absolute Gasteiger partial charge is 0.508 e. The van der Waals surface area contributed by atoms with Crippen LogP contribution in [-0.2, 0) is 14.4 Å². The lowest BCUT2D eigenvalue weighted by molar-refractivity contribution is -0.139. The predicted octanol–water partition coefficient (Wildman–Crippen LogP) is 4.74. The van der Waals surface area contributed by atoms with E-state index in [4.69, 9.17) is 30.6 Å². The quantitative estimate of drug-likeness (QED) is 0.280. The van der Waals surface area contributed by atoms with Gasteiger partial charge in [-0.25, -0.2) is 0 Å². The molecule has 0 amide bonds. The molecule has 9 heteroatoms. The van der Waals surface area contributed by atoms with Crippen molar-refractivity contribution in [1.29, 1.82) is 0 Å². The van der Waals surface area contributed by atoms with Gasteiger partial charge in [-0.05, 0) is 73.9 Å². The van der Waals surface area contributed by atoms with Gasteiger partial charge in [0.2, 0.25) is 0 Å². The molecule has 0 heterocycles. The number of aliphatic carboxylic acids is 3. The zero-order valence-corrected chi connectivity index (χ0v) is 20.1. The second-order valence-electron chi connectivity index (χ2n) is 7.95. The molecule has 3 unspecified atom stereocenters. The number of benzene rings is 3. The Labute approximate surface area is 208 Å². The van der Waals surface area contributed by atoms with E-state index in [9.17, 15) is 14.4 Å². The molecule has 0 fully saturated rings. The lowest BCUT2D eigenvalue weighted by Crippen LogP contribution is -2.06. The molecule has 0 bridgehead atoms. The van der Waals surface area contributed by atoms with Crippen LogP contribution in [0.5, 0.6) is 17.2 Å². The van der Waals surface area contributed by atoms with E-state index < -0.39 is 35.7 Å². The minimum Gasteiger partial charge on any atom is -0.508 e. The average Bonchev–Trinajstić information content (AvgIpc) is 2.84. The molecule has 36 heavy (non-hydrogen) atoms. The van der Waals surface area contributed by atoms with E-state index in [0.717, 1.165) is 0 Å². The van der Waals surface area contributed by atoms with Crippen molar-refractivity contribution in [2.45, 2.75) is 38.5 Å². The summed E-state index contributed by atoms with van der Waals surface area (Å²) in [6.45, 7) is 4.82. The number of hydrogen-bond donors (Lipinski definition) is 6. The van der Waals surface area contributed by atoms with Gasteiger partial charge in [0.05, 0.1) is 17.8 Å². The van der Waals surface area contributed by atoms with Crippen LogP contribution in [0.1, 0.15) is 55.2 Å². The maximum atomic E-state index is 10.5. The summed E-state index contributed by atoms with van der Waals surface area (Å²) >= 11 is 0. The Morgan fingerprint density at radius 1 is 0.444 bits per heavy atom. The van der Waals surface area contributed by atoms with Crippen LogP contribution in [0.4, 0.5) is 0 Å². The van der Waals surface area contributed by atoms with Crippen LogP contribution in [0.15, 0.2) is 72.8 Å². The van der Waals surface area contributed by atoms with E-state index >= 15 is 0 Å². The summed E-state index contributed by atoms with van der Waals surface area (Å²) in [5.41, 5.74) is 2.08. The van der Waals surface area contributed by atoms with Gasteiger partial charge < -0.3 is 30.6 Å².